The summed E-state index contributed by atoms with van der Waals surface area (Å²) in [5.74, 6) is 2.09. The van der Waals surface area contributed by atoms with E-state index in [2.05, 4.69) is 34.0 Å². The molecule has 6 nitrogen and oxygen atoms in total. The van der Waals surface area contributed by atoms with Gasteiger partial charge < -0.3 is 14.6 Å². The highest BCUT2D eigenvalue weighted by Crippen LogP contribution is 2.32. The van der Waals surface area contributed by atoms with Crippen LogP contribution >= 0.6 is 0 Å². The van der Waals surface area contributed by atoms with Crippen LogP contribution in [-0.4, -0.2) is 35.0 Å². The van der Waals surface area contributed by atoms with E-state index in [0.717, 1.165) is 54.9 Å². The predicted octanol–water partition coefficient (Wildman–Crippen LogP) is 2.97. The highest BCUT2D eigenvalue weighted by atomic mass is 16.3. The highest BCUT2D eigenvalue weighted by molar-refractivity contribution is 5.90. The van der Waals surface area contributed by atoms with Gasteiger partial charge in [0.2, 0.25) is 11.6 Å². The molecule has 0 saturated carbocycles. The summed E-state index contributed by atoms with van der Waals surface area (Å²) in [5, 5.41) is 4.10. The molecule has 0 radical (unpaired) electrons. The zero-order valence-corrected chi connectivity index (χ0v) is 14.9. The molecule has 0 aromatic carbocycles. The van der Waals surface area contributed by atoms with Gasteiger partial charge in [-0.15, -0.1) is 0 Å². The van der Waals surface area contributed by atoms with Crippen LogP contribution in [0.2, 0.25) is 0 Å². The molecule has 1 saturated heterocycles. The molecule has 0 bridgehead atoms. The molecule has 0 unspecified atom stereocenters. The molecule has 0 spiro atoms. The van der Waals surface area contributed by atoms with Crippen molar-refractivity contribution in [3.8, 4) is 0 Å². The van der Waals surface area contributed by atoms with Crippen LogP contribution in [0.25, 0.3) is 11.1 Å². The number of nitrogens with one attached hydrogen (secondary N) is 1. The van der Waals surface area contributed by atoms with Gasteiger partial charge in [0, 0.05) is 30.6 Å². The summed E-state index contributed by atoms with van der Waals surface area (Å²) in [4.78, 5) is 23.3. The summed E-state index contributed by atoms with van der Waals surface area (Å²) in [7, 11) is 0. The number of carbonyl (C=O) groups is 1. The Morgan fingerprint density at radius 1 is 1.38 bits per heavy atom. The van der Waals surface area contributed by atoms with E-state index in [1.54, 1.807) is 6.33 Å². The molecule has 3 rings (SSSR count). The number of rotatable bonds is 4. The molecule has 1 amide bonds. The van der Waals surface area contributed by atoms with Crippen molar-refractivity contribution in [3.63, 3.8) is 0 Å². The van der Waals surface area contributed by atoms with Crippen molar-refractivity contribution in [2.24, 2.45) is 5.92 Å². The second-order valence-corrected chi connectivity index (χ2v) is 6.74. The van der Waals surface area contributed by atoms with Crippen molar-refractivity contribution in [3.05, 3.63) is 17.7 Å². The third-order valence-electron chi connectivity index (χ3n) is 5.11. The summed E-state index contributed by atoms with van der Waals surface area (Å²) in [6.07, 6.45) is 4.22. The number of aromatic nitrogens is 2. The van der Waals surface area contributed by atoms with Gasteiger partial charge in [0.25, 0.3) is 0 Å². The predicted molar refractivity (Wildman–Crippen MR) is 94.1 cm³/mol. The second kappa shape index (κ2) is 6.79. The minimum atomic E-state index is 0.0970. The van der Waals surface area contributed by atoms with E-state index in [1.807, 2.05) is 13.8 Å². The van der Waals surface area contributed by atoms with Gasteiger partial charge in [0.15, 0.2) is 0 Å². The molecule has 1 aliphatic heterocycles. The third-order valence-corrected chi connectivity index (χ3v) is 5.11. The number of fused-ring (bicyclic) bond motifs is 1. The molecule has 1 N–H and O–H groups in total. The van der Waals surface area contributed by atoms with Crippen LogP contribution < -0.4 is 10.2 Å². The standard InChI is InChI=1S/C18H26N4O2/c1-5-11(2)21-17(23)14-6-8-22(9-7-14)16-15-12(3)13(4)24-18(15)20-10-19-16/h10-11,14H,5-9H2,1-4H3,(H,21,23)/t11-/m0/s1. The van der Waals surface area contributed by atoms with Crippen molar-refractivity contribution < 1.29 is 9.21 Å². The molecule has 3 heterocycles. The van der Waals surface area contributed by atoms with Gasteiger partial charge in [-0.3, -0.25) is 4.79 Å². The van der Waals surface area contributed by atoms with Crippen LogP contribution in [0.1, 0.15) is 44.4 Å². The zero-order chi connectivity index (χ0) is 17.3. The summed E-state index contributed by atoms with van der Waals surface area (Å²) >= 11 is 0. The van der Waals surface area contributed by atoms with Crippen LogP contribution in [0.3, 0.4) is 0 Å². The van der Waals surface area contributed by atoms with Crippen molar-refractivity contribution in [1.29, 1.82) is 0 Å². The number of hydrogen-bond acceptors (Lipinski definition) is 5. The number of hydrogen-bond donors (Lipinski definition) is 1. The van der Waals surface area contributed by atoms with E-state index in [1.165, 1.54) is 0 Å². The van der Waals surface area contributed by atoms with Crippen molar-refractivity contribution in [2.75, 3.05) is 18.0 Å². The molecule has 0 aliphatic carbocycles. The average Bonchev–Trinajstić information content (AvgIpc) is 2.89. The lowest BCUT2D eigenvalue weighted by atomic mass is 9.95. The van der Waals surface area contributed by atoms with E-state index in [9.17, 15) is 4.79 Å². The van der Waals surface area contributed by atoms with Crippen LogP contribution in [0.5, 0.6) is 0 Å². The van der Waals surface area contributed by atoms with Gasteiger partial charge in [0.1, 0.15) is 17.9 Å². The number of nitrogens with zero attached hydrogens (tertiary/aromatic N) is 3. The van der Waals surface area contributed by atoms with Gasteiger partial charge in [-0.25, -0.2) is 9.97 Å². The van der Waals surface area contributed by atoms with Gasteiger partial charge in [0.05, 0.1) is 5.39 Å². The normalized spacial score (nSPS) is 17.2. The molecule has 2 aromatic rings. The number of furan rings is 1. The number of carbonyl (C=O) groups excluding carboxylic acids is 1. The van der Waals surface area contributed by atoms with Crippen LogP contribution in [0.15, 0.2) is 10.7 Å². The van der Waals surface area contributed by atoms with Gasteiger partial charge in [-0.1, -0.05) is 6.92 Å². The maximum Gasteiger partial charge on any atom is 0.231 e. The lowest BCUT2D eigenvalue weighted by Gasteiger charge is -2.32. The highest BCUT2D eigenvalue weighted by Gasteiger charge is 2.28. The minimum absolute atomic E-state index is 0.0970. The second-order valence-electron chi connectivity index (χ2n) is 6.74. The molecule has 6 heteroatoms. The smallest absolute Gasteiger partial charge is 0.231 e. The third kappa shape index (κ3) is 3.09. The largest absolute Gasteiger partial charge is 0.443 e. The molecular weight excluding hydrogens is 304 g/mol. The molecule has 1 fully saturated rings. The Kier molecular flexibility index (Phi) is 4.73. The monoisotopic (exact) mass is 330 g/mol. The Hall–Kier alpha value is -2.11. The van der Waals surface area contributed by atoms with Gasteiger partial charge in [-0.2, -0.15) is 0 Å². The first-order valence-electron chi connectivity index (χ1n) is 8.77. The molecule has 2 aromatic heterocycles. The number of anilines is 1. The van der Waals surface area contributed by atoms with Crippen molar-refractivity contribution >= 4 is 22.8 Å². The van der Waals surface area contributed by atoms with E-state index >= 15 is 0 Å². The van der Waals surface area contributed by atoms with Crippen LogP contribution in [-0.2, 0) is 4.79 Å². The van der Waals surface area contributed by atoms with E-state index < -0.39 is 0 Å². The summed E-state index contributed by atoms with van der Waals surface area (Å²) in [6.45, 7) is 9.78. The Bertz CT molecular complexity index is 732. The molecular formula is C18H26N4O2. The fourth-order valence-corrected chi connectivity index (χ4v) is 3.22. The van der Waals surface area contributed by atoms with Crippen molar-refractivity contribution in [1.82, 2.24) is 15.3 Å². The first-order chi connectivity index (χ1) is 11.5. The van der Waals surface area contributed by atoms with Gasteiger partial charge >= 0.3 is 0 Å². The lowest BCUT2D eigenvalue weighted by Crippen LogP contribution is -2.43. The molecule has 24 heavy (non-hydrogen) atoms. The van der Waals surface area contributed by atoms with Crippen LogP contribution in [0.4, 0.5) is 5.82 Å². The Balaban J connectivity index is 1.72. The molecule has 1 atom stereocenters. The van der Waals surface area contributed by atoms with E-state index in [4.69, 9.17) is 4.42 Å². The quantitative estimate of drug-likeness (QED) is 0.933. The van der Waals surface area contributed by atoms with E-state index in [0.29, 0.717) is 5.71 Å². The summed E-state index contributed by atoms with van der Waals surface area (Å²) < 4.78 is 5.70. The van der Waals surface area contributed by atoms with Crippen LogP contribution in [0, 0.1) is 19.8 Å². The zero-order valence-electron chi connectivity index (χ0n) is 14.9. The summed E-state index contributed by atoms with van der Waals surface area (Å²) in [6, 6.07) is 0.244. The van der Waals surface area contributed by atoms with E-state index in [-0.39, 0.29) is 17.9 Å². The lowest BCUT2D eigenvalue weighted by molar-refractivity contribution is -0.126. The minimum Gasteiger partial charge on any atom is -0.443 e. The Morgan fingerprint density at radius 2 is 2.08 bits per heavy atom. The maximum atomic E-state index is 12.3. The SMILES string of the molecule is CC[C@H](C)NC(=O)C1CCN(c2ncnc3oc(C)c(C)c23)CC1. The molecule has 130 valence electrons. The number of amides is 1. The fraction of sp³-hybridized carbons (Fsp3) is 0.611. The Labute approximate surface area is 142 Å². The number of piperidine rings is 1. The number of aryl methyl sites for hydroxylation is 2. The van der Waals surface area contributed by atoms with Crippen molar-refractivity contribution in [2.45, 2.75) is 53.0 Å². The average molecular weight is 330 g/mol. The van der Waals surface area contributed by atoms with Gasteiger partial charge in [-0.05, 0) is 40.0 Å². The first-order valence-corrected chi connectivity index (χ1v) is 8.77. The Morgan fingerprint density at radius 3 is 2.75 bits per heavy atom. The first kappa shape index (κ1) is 16.7. The molecule has 1 aliphatic rings. The summed E-state index contributed by atoms with van der Waals surface area (Å²) in [5.41, 5.74) is 1.74. The topological polar surface area (TPSA) is 71.3 Å². The fourth-order valence-electron chi connectivity index (χ4n) is 3.22. The maximum absolute atomic E-state index is 12.3.